The third-order valence-electron chi connectivity index (χ3n) is 2.37. The van der Waals surface area contributed by atoms with Crippen LogP contribution in [0.25, 0.3) is 0 Å². The van der Waals surface area contributed by atoms with Gasteiger partial charge in [0.1, 0.15) is 0 Å². The van der Waals surface area contributed by atoms with E-state index in [1.165, 1.54) is 21.7 Å². The van der Waals surface area contributed by atoms with Crippen molar-refractivity contribution in [3.05, 3.63) is 29.0 Å². The van der Waals surface area contributed by atoms with Gasteiger partial charge in [-0.1, -0.05) is 6.08 Å². The van der Waals surface area contributed by atoms with Crippen LogP contribution in [0.5, 0.6) is 0 Å². The van der Waals surface area contributed by atoms with Crippen LogP contribution in [0.4, 0.5) is 0 Å². The fourth-order valence-corrected chi connectivity index (χ4v) is 3.67. The van der Waals surface area contributed by atoms with Gasteiger partial charge in [-0.15, -0.1) is 17.9 Å². The van der Waals surface area contributed by atoms with Gasteiger partial charge < -0.3 is 5.11 Å². The van der Waals surface area contributed by atoms with Crippen molar-refractivity contribution in [2.24, 2.45) is 0 Å². The summed E-state index contributed by atoms with van der Waals surface area (Å²) in [6, 6.07) is 1.52. The van der Waals surface area contributed by atoms with E-state index in [0.29, 0.717) is 11.4 Å². The van der Waals surface area contributed by atoms with Crippen molar-refractivity contribution >= 4 is 21.4 Å². The van der Waals surface area contributed by atoms with Crippen LogP contribution in [0.2, 0.25) is 0 Å². The molecule has 1 rings (SSSR count). The number of nitrogens with zero attached hydrogens (tertiary/aromatic N) is 1. The van der Waals surface area contributed by atoms with Gasteiger partial charge in [-0.2, -0.15) is 0 Å². The Morgan fingerprint density at radius 3 is 2.82 bits per heavy atom. The molecule has 96 valence electrons. The molecular weight excluding hydrogens is 258 g/mol. The fourth-order valence-electron chi connectivity index (χ4n) is 1.34. The number of unbranched alkanes of at least 4 members (excludes halogenated alkanes) is 1. The van der Waals surface area contributed by atoms with Crippen LogP contribution >= 0.6 is 11.3 Å². The van der Waals surface area contributed by atoms with E-state index in [-0.39, 0.29) is 11.5 Å². The molecule has 0 bridgehead atoms. The molecule has 0 saturated heterocycles. The molecule has 0 radical (unpaired) electrons. The molecule has 17 heavy (non-hydrogen) atoms. The van der Waals surface area contributed by atoms with Gasteiger partial charge in [-0.25, -0.2) is 12.7 Å². The van der Waals surface area contributed by atoms with E-state index < -0.39 is 10.0 Å². The van der Waals surface area contributed by atoms with Crippen molar-refractivity contribution in [3.8, 4) is 0 Å². The largest absolute Gasteiger partial charge is 0.391 e. The van der Waals surface area contributed by atoms with Gasteiger partial charge in [-0.05, 0) is 18.9 Å². The highest BCUT2D eigenvalue weighted by Crippen LogP contribution is 2.22. The molecule has 0 aliphatic rings. The quantitative estimate of drug-likeness (QED) is 0.610. The molecule has 0 spiro atoms. The summed E-state index contributed by atoms with van der Waals surface area (Å²) >= 11 is 1.25. The maximum atomic E-state index is 12.1. The lowest BCUT2D eigenvalue weighted by Crippen LogP contribution is -2.27. The summed E-state index contributed by atoms with van der Waals surface area (Å²) in [5.41, 5.74) is 0. The van der Waals surface area contributed by atoms with Gasteiger partial charge in [0.05, 0.1) is 11.5 Å². The first-order chi connectivity index (χ1) is 8.02. The van der Waals surface area contributed by atoms with Crippen molar-refractivity contribution < 1.29 is 13.5 Å². The zero-order valence-corrected chi connectivity index (χ0v) is 11.4. The molecule has 0 fully saturated rings. The third-order valence-corrected chi connectivity index (χ3v) is 5.28. The summed E-state index contributed by atoms with van der Waals surface area (Å²) in [4.78, 5) is 0.913. The Morgan fingerprint density at radius 1 is 1.59 bits per heavy atom. The molecule has 0 aliphatic heterocycles. The monoisotopic (exact) mass is 275 g/mol. The second-order valence-electron chi connectivity index (χ2n) is 3.66. The number of hydrogen-bond donors (Lipinski definition) is 1. The summed E-state index contributed by atoms with van der Waals surface area (Å²) in [6.45, 7) is 3.94. The lowest BCUT2D eigenvalue weighted by Gasteiger charge is -2.15. The van der Waals surface area contributed by atoms with Crippen molar-refractivity contribution in [3.63, 3.8) is 0 Å². The molecule has 1 aromatic heterocycles. The van der Waals surface area contributed by atoms with Crippen LogP contribution in [0, 0.1) is 0 Å². The Kier molecular flexibility index (Phi) is 5.32. The Balaban J connectivity index is 2.76. The zero-order chi connectivity index (χ0) is 12.9. The molecule has 0 aromatic carbocycles. The van der Waals surface area contributed by atoms with Gasteiger partial charge in [0.2, 0.25) is 10.0 Å². The summed E-state index contributed by atoms with van der Waals surface area (Å²) in [6.07, 6.45) is 3.33. The Hall–Kier alpha value is -0.690. The fraction of sp³-hybridized carbons (Fsp3) is 0.455. The van der Waals surface area contributed by atoms with Gasteiger partial charge in [0, 0.05) is 23.8 Å². The SMILES string of the molecule is C=CCCCN(C)S(=O)(=O)c1csc(CO)c1. The molecule has 0 amide bonds. The van der Waals surface area contributed by atoms with Crippen LogP contribution < -0.4 is 0 Å². The second kappa shape index (κ2) is 6.30. The summed E-state index contributed by atoms with van der Waals surface area (Å²) in [7, 11) is -1.85. The lowest BCUT2D eigenvalue weighted by molar-refractivity contribution is 0.285. The van der Waals surface area contributed by atoms with Gasteiger partial charge in [0.15, 0.2) is 0 Å². The Morgan fingerprint density at radius 2 is 2.29 bits per heavy atom. The number of sulfonamides is 1. The highest BCUT2D eigenvalue weighted by atomic mass is 32.2. The normalized spacial score (nSPS) is 11.9. The van der Waals surface area contributed by atoms with Crippen LogP contribution in [-0.2, 0) is 16.6 Å². The molecule has 1 aromatic rings. The van der Waals surface area contributed by atoms with E-state index in [2.05, 4.69) is 6.58 Å². The van der Waals surface area contributed by atoms with Gasteiger partial charge in [-0.3, -0.25) is 0 Å². The van der Waals surface area contributed by atoms with Gasteiger partial charge >= 0.3 is 0 Å². The van der Waals surface area contributed by atoms with Crippen LogP contribution in [0.1, 0.15) is 17.7 Å². The first-order valence-electron chi connectivity index (χ1n) is 5.28. The zero-order valence-electron chi connectivity index (χ0n) is 9.80. The highest BCUT2D eigenvalue weighted by Gasteiger charge is 2.21. The first kappa shape index (κ1) is 14.4. The molecule has 4 nitrogen and oxygen atoms in total. The molecule has 1 N–H and O–H groups in total. The van der Waals surface area contributed by atoms with Crippen molar-refractivity contribution in [2.45, 2.75) is 24.3 Å². The summed E-state index contributed by atoms with van der Waals surface area (Å²) in [5.74, 6) is 0. The molecule has 1 heterocycles. The predicted molar refractivity (Wildman–Crippen MR) is 69.5 cm³/mol. The number of hydrogen-bond acceptors (Lipinski definition) is 4. The Bertz CT molecular complexity index is 465. The molecule has 6 heteroatoms. The van der Waals surface area contributed by atoms with E-state index >= 15 is 0 Å². The minimum Gasteiger partial charge on any atom is -0.391 e. The van der Waals surface area contributed by atoms with Gasteiger partial charge in [0.25, 0.3) is 0 Å². The van der Waals surface area contributed by atoms with Crippen LogP contribution in [0.3, 0.4) is 0 Å². The maximum absolute atomic E-state index is 12.1. The lowest BCUT2D eigenvalue weighted by atomic mass is 10.3. The molecule has 0 aliphatic carbocycles. The van der Waals surface area contributed by atoms with Crippen molar-refractivity contribution in [1.82, 2.24) is 4.31 Å². The average Bonchev–Trinajstić information content (AvgIpc) is 2.78. The number of rotatable bonds is 7. The number of allylic oxidation sites excluding steroid dienone is 1. The summed E-state index contributed by atoms with van der Waals surface area (Å²) in [5, 5.41) is 10.5. The topological polar surface area (TPSA) is 57.6 Å². The molecule has 0 atom stereocenters. The number of aliphatic hydroxyl groups is 1. The first-order valence-corrected chi connectivity index (χ1v) is 7.60. The highest BCUT2D eigenvalue weighted by molar-refractivity contribution is 7.89. The minimum absolute atomic E-state index is 0.125. The van der Waals surface area contributed by atoms with E-state index in [9.17, 15) is 8.42 Å². The van der Waals surface area contributed by atoms with E-state index in [1.54, 1.807) is 18.5 Å². The third kappa shape index (κ3) is 3.64. The van der Waals surface area contributed by atoms with Crippen LogP contribution in [0.15, 0.2) is 29.0 Å². The van der Waals surface area contributed by atoms with E-state index in [4.69, 9.17) is 5.11 Å². The van der Waals surface area contributed by atoms with Crippen molar-refractivity contribution in [1.29, 1.82) is 0 Å². The van der Waals surface area contributed by atoms with Crippen LogP contribution in [-0.4, -0.2) is 31.4 Å². The smallest absolute Gasteiger partial charge is 0.243 e. The second-order valence-corrected chi connectivity index (χ2v) is 6.70. The standard InChI is InChI=1S/C11H17NO3S2/c1-3-4-5-6-12(2)17(14,15)11-7-10(8-13)16-9-11/h3,7,9,13H,1,4-6,8H2,2H3. The molecule has 0 unspecified atom stereocenters. The maximum Gasteiger partial charge on any atom is 0.243 e. The van der Waals surface area contributed by atoms with Crippen molar-refractivity contribution in [2.75, 3.05) is 13.6 Å². The Labute approximate surface area is 106 Å². The predicted octanol–water partition coefficient (Wildman–Crippen LogP) is 1.83. The minimum atomic E-state index is -3.41. The molecular formula is C11H17NO3S2. The number of aliphatic hydroxyl groups excluding tert-OH is 1. The summed E-state index contributed by atoms with van der Waals surface area (Å²) < 4.78 is 25.5. The van der Waals surface area contributed by atoms with E-state index in [1.807, 2.05) is 0 Å². The molecule has 0 saturated carbocycles. The number of thiophene rings is 1. The average molecular weight is 275 g/mol. The van der Waals surface area contributed by atoms with E-state index in [0.717, 1.165) is 12.8 Å².